The number of ether oxygens (including phenoxy) is 1. The third kappa shape index (κ3) is 2.64. The highest BCUT2D eigenvalue weighted by atomic mass is 16.7. The van der Waals surface area contributed by atoms with Gasteiger partial charge >= 0.3 is 11.9 Å². The number of carbonyl (C=O) groups excluding carboxylic acids is 2. The smallest absolute Gasteiger partial charge is 0.339 e. The molecule has 0 aromatic carbocycles. The molecule has 0 radical (unpaired) electrons. The molecule has 23 heavy (non-hydrogen) atoms. The van der Waals surface area contributed by atoms with E-state index in [4.69, 9.17) is 12.3 Å². The van der Waals surface area contributed by atoms with Crippen molar-refractivity contribution >= 4 is 23.1 Å². The zero-order chi connectivity index (χ0) is 18.2. The summed E-state index contributed by atoms with van der Waals surface area (Å²) in [5, 5.41) is 7.57. The van der Waals surface area contributed by atoms with Crippen molar-refractivity contribution in [3.05, 3.63) is 18.3 Å². The molecule has 8 heteroatoms. The SMILES string of the molecule is [2H]C1([2H])CC[C@](C)(C(=O)OC)[C@H](C(=O)On2nnc3cccnc32)C1. The minimum Gasteiger partial charge on any atom is -0.469 e. The Bertz CT molecular complexity index is 825. The second kappa shape index (κ2) is 5.94. The van der Waals surface area contributed by atoms with E-state index >= 15 is 0 Å². The molecule has 2 atom stereocenters. The number of hydrogen-bond donors (Lipinski definition) is 0. The highest BCUT2D eigenvalue weighted by Crippen LogP contribution is 2.42. The summed E-state index contributed by atoms with van der Waals surface area (Å²) >= 11 is 0. The van der Waals surface area contributed by atoms with Crippen LogP contribution in [0.1, 0.15) is 35.3 Å². The molecule has 0 amide bonds. The van der Waals surface area contributed by atoms with Crippen LogP contribution in [0.5, 0.6) is 0 Å². The number of fused-ring (bicyclic) bond motifs is 1. The maximum atomic E-state index is 12.7. The van der Waals surface area contributed by atoms with E-state index in [0.29, 0.717) is 5.52 Å². The van der Waals surface area contributed by atoms with Gasteiger partial charge in [-0.05, 0) is 42.0 Å². The van der Waals surface area contributed by atoms with Gasteiger partial charge in [-0.3, -0.25) is 4.79 Å². The molecular weight excluding hydrogens is 300 g/mol. The van der Waals surface area contributed by atoms with Gasteiger partial charge in [0.15, 0.2) is 0 Å². The fourth-order valence-electron chi connectivity index (χ4n) is 2.77. The van der Waals surface area contributed by atoms with Gasteiger partial charge in [-0.1, -0.05) is 12.8 Å². The molecule has 0 unspecified atom stereocenters. The van der Waals surface area contributed by atoms with E-state index in [9.17, 15) is 9.59 Å². The molecule has 2 heterocycles. The average molecular weight is 320 g/mol. The number of methoxy groups -OCH3 is 1. The molecule has 0 N–H and O–H groups in total. The summed E-state index contributed by atoms with van der Waals surface area (Å²) in [7, 11) is 1.24. The van der Waals surface area contributed by atoms with Crippen LogP contribution >= 0.6 is 0 Å². The first-order chi connectivity index (χ1) is 11.8. The zero-order valence-corrected chi connectivity index (χ0v) is 12.9. The van der Waals surface area contributed by atoms with Crippen molar-refractivity contribution in [3.8, 4) is 0 Å². The molecule has 0 spiro atoms. The molecule has 0 aliphatic heterocycles. The van der Waals surface area contributed by atoms with Gasteiger partial charge in [0.05, 0.1) is 18.4 Å². The van der Waals surface area contributed by atoms with Gasteiger partial charge in [0.25, 0.3) is 0 Å². The summed E-state index contributed by atoms with van der Waals surface area (Å²) in [6, 6.07) is 3.34. The molecule has 1 aliphatic carbocycles. The van der Waals surface area contributed by atoms with Crippen molar-refractivity contribution in [2.45, 2.75) is 32.6 Å². The van der Waals surface area contributed by atoms with Gasteiger partial charge in [-0.25, -0.2) is 9.78 Å². The van der Waals surface area contributed by atoms with E-state index in [1.807, 2.05) is 0 Å². The second-order valence-electron chi connectivity index (χ2n) is 5.63. The molecule has 8 nitrogen and oxygen atoms in total. The van der Waals surface area contributed by atoms with Crippen LogP contribution in [0.15, 0.2) is 18.3 Å². The molecule has 2 aromatic heterocycles. The Balaban J connectivity index is 1.90. The normalized spacial score (nSPS) is 27.8. The highest BCUT2D eigenvalue weighted by molar-refractivity contribution is 5.85. The van der Waals surface area contributed by atoms with Crippen LogP contribution in [0, 0.1) is 11.3 Å². The lowest BCUT2D eigenvalue weighted by Crippen LogP contribution is -2.46. The summed E-state index contributed by atoms with van der Waals surface area (Å²) in [4.78, 5) is 35.1. The minimum absolute atomic E-state index is 0.141. The Morgan fingerprint density at radius 2 is 2.35 bits per heavy atom. The van der Waals surface area contributed by atoms with E-state index in [0.717, 1.165) is 4.85 Å². The molecule has 122 valence electrons. The van der Waals surface area contributed by atoms with E-state index in [2.05, 4.69) is 15.3 Å². The lowest BCUT2D eigenvalue weighted by atomic mass is 9.67. The second-order valence-corrected chi connectivity index (χ2v) is 5.63. The van der Waals surface area contributed by atoms with Gasteiger partial charge in [0, 0.05) is 8.94 Å². The monoisotopic (exact) mass is 320 g/mol. The van der Waals surface area contributed by atoms with Gasteiger partial charge in [-0.15, -0.1) is 5.10 Å². The molecule has 3 rings (SSSR count). The Morgan fingerprint density at radius 3 is 3.13 bits per heavy atom. The maximum absolute atomic E-state index is 12.7. The van der Waals surface area contributed by atoms with Crippen LogP contribution in [-0.4, -0.2) is 39.2 Å². The number of aromatic nitrogens is 4. The first-order valence-corrected chi connectivity index (χ1v) is 7.24. The fraction of sp³-hybridized carbons (Fsp3) is 0.533. The van der Waals surface area contributed by atoms with Gasteiger partial charge in [0.1, 0.15) is 5.52 Å². The largest absolute Gasteiger partial charge is 0.469 e. The number of rotatable bonds is 3. The van der Waals surface area contributed by atoms with E-state index in [1.165, 1.54) is 13.3 Å². The molecular formula is C15H18N4O4. The summed E-state index contributed by atoms with van der Waals surface area (Å²) in [5.74, 6) is -2.34. The lowest BCUT2D eigenvalue weighted by molar-refractivity contribution is -0.170. The van der Waals surface area contributed by atoms with Crippen LogP contribution in [0.4, 0.5) is 0 Å². The lowest BCUT2D eigenvalue weighted by Gasteiger charge is -2.36. The van der Waals surface area contributed by atoms with Crippen LogP contribution < -0.4 is 4.84 Å². The van der Waals surface area contributed by atoms with Crippen LogP contribution in [0.2, 0.25) is 0 Å². The van der Waals surface area contributed by atoms with E-state index in [-0.39, 0.29) is 24.9 Å². The van der Waals surface area contributed by atoms with E-state index < -0.39 is 29.6 Å². The summed E-state index contributed by atoms with van der Waals surface area (Å²) < 4.78 is 20.8. The Labute approximate surface area is 135 Å². The predicted octanol–water partition coefficient (Wildman–Crippen LogP) is 1.15. The summed E-state index contributed by atoms with van der Waals surface area (Å²) in [5.41, 5.74) is -0.458. The third-order valence-electron chi connectivity index (χ3n) is 4.23. The molecule has 2 aromatic rings. The summed E-state index contributed by atoms with van der Waals surface area (Å²) in [6.07, 6.45) is 0.143. The number of carbonyl (C=O) groups is 2. The van der Waals surface area contributed by atoms with Gasteiger partial charge < -0.3 is 9.57 Å². The minimum atomic E-state index is -1.57. The number of nitrogens with zero attached hydrogens (tertiary/aromatic N) is 4. The quantitative estimate of drug-likeness (QED) is 0.618. The van der Waals surface area contributed by atoms with Gasteiger partial charge in [-0.2, -0.15) is 0 Å². The molecule has 1 saturated carbocycles. The van der Waals surface area contributed by atoms with Crippen molar-refractivity contribution in [1.82, 2.24) is 20.1 Å². The maximum Gasteiger partial charge on any atom is 0.339 e. The molecule has 0 saturated heterocycles. The van der Waals surface area contributed by atoms with Crippen molar-refractivity contribution in [2.24, 2.45) is 11.3 Å². The van der Waals surface area contributed by atoms with E-state index in [1.54, 1.807) is 19.1 Å². The number of esters is 1. The van der Waals surface area contributed by atoms with Crippen LogP contribution in [-0.2, 0) is 14.3 Å². The van der Waals surface area contributed by atoms with Crippen molar-refractivity contribution < 1.29 is 21.9 Å². The Morgan fingerprint density at radius 1 is 1.52 bits per heavy atom. The summed E-state index contributed by atoms with van der Waals surface area (Å²) in [6.45, 7) is 1.59. The number of pyridine rings is 1. The standard InChI is InChI=1S/C15H18N4O4/c1-15(14(21)22-2)8-4-3-6-10(15)13(20)23-19-12-11(17-18-19)7-5-9-16-12/h5,7,9-10H,3-4,6,8H2,1-2H3/t10-,15-/m0/s1/i3D2. The van der Waals surface area contributed by atoms with Crippen LogP contribution in [0.25, 0.3) is 11.2 Å². The van der Waals surface area contributed by atoms with Crippen molar-refractivity contribution in [1.29, 1.82) is 0 Å². The van der Waals surface area contributed by atoms with Crippen molar-refractivity contribution in [3.63, 3.8) is 0 Å². The Hall–Kier alpha value is -2.51. The van der Waals surface area contributed by atoms with Crippen molar-refractivity contribution in [2.75, 3.05) is 7.11 Å². The highest BCUT2D eigenvalue weighted by Gasteiger charge is 2.48. The average Bonchev–Trinajstić information content (AvgIpc) is 2.99. The third-order valence-corrected chi connectivity index (χ3v) is 4.23. The molecule has 1 fully saturated rings. The topological polar surface area (TPSA) is 96.2 Å². The van der Waals surface area contributed by atoms with Gasteiger partial charge in [0.2, 0.25) is 5.65 Å². The predicted molar refractivity (Wildman–Crippen MR) is 79.0 cm³/mol. The fourth-order valence-corrected chi connectivity index (χ4v) is 2.77. The molecule has 1 aliphatic rings. The van der Waals surface area contributed by atoms with Crippen LogP contribution in [0.3, 0.4) is 0 Å². The molecule has 0 bridgehead atoms. The zero-order valence-electron chi connectivity index (χ0n) is 14.9. The first-order valence-electron chi connectivity index (χ1n) is 8.24. The Kier molecular flexibility index (Phi) is 3.35. The number of hydrogen-bond acceptors (Lipinski definition) is 7. The first kappa shape index (κ1) is 13.0.